The van der Waals surface area contributed by atoms with E-state index in [9.17, 15) is 28.7 Å². The third-order valence-electron chi connectivity index (χ3n) is 6.08. The lowest BCUT2D eigenvalue weighted by Crippen LogP contribution is -2.30. The number of carbonyl (C=O) groups excluding carboxylic acids is 3. The number of carboxylic acid groups (broad SMARTS) is 1. The fourth-order valence-electron chi connectivity index (χ4n) is 3.80. The lowest BCUT2D eigenvalue weighted by Gasteiger charge is -2.14. The van der Waals surface area contributed by atoms with Gasteiger partial charge in [-0.15, -0.1) is 11.8 Å². The van der Waals surface area contributed by atoms with E-state index in [-0.39, 0.29) is 32.6 Å². The molecule has 0 aliphatic carbocycles. The summed E-state index contributed by atoms with van der Waals surface area (Å²) in [6, 6.07) is 22.9. The van der Waals surface area contributed by atoms with Crippen LogP contribution in [0.2, 0.25) is 10.0 Å². The summed E-state index contributed by atoms with van der Waals surface area (Å²) in [6.07, 6.45) is 1.16. The molecule has 224 valence electrons. The summed E-state index contributed by atoms with van der Waals surface area (Å²) in [5.41, 5.74) is 0.526. The minimum Gasteiger partial charge on any atom is -0.478 e. The zero-order chi connectivity index (χ0) is 31.8. The molecule has 0 aliphatic rings. The van der Waals surface area contributed by atoms with Gasteiger partial charge >= 0.3 is 5.97 Å². The van der Waals surface area contributed by atoms with Crippen molar-refractivity contribution in [1.82, 2.24) is 5.32 Å². The van der Waals surface area contributed by atoms with Crippen LogP contribution in [0.3, 0.4) is 0 Å². The molecule has 4 aromatic carbocycles. The van der Waals surface area contributed by atoms with E-state index in [1.807, 2.05) is 0 Å². The minimum absolute atomic E-state index is 0.0164. The fraction of sp³-hybridized carbons (Fsp3) is 0.0625. The molecule has 44 heavy (non-hydrogen) atoms. The van der Waals surface area contributed by atoms with Crippen LogP contribution in [-0.4, -0.2) is 34.0 Å². The van der Waals surface area contributed by atoms with Crippen molar-refractivity contribution in [1.29, 1.82) is 0 Å². The summed E-state index contributed by atoms with van der Waals surface area (Å²) < 4.78 is 14.5. The van der Waals surface area contributed by atoms with Crippen molar-refractivity contribution in [2.45, 2.75) is 17.1 Å². The number of hydrogen-bond donors (Lipinski definition) is 4. The summed E-state index contributed by atoms with van der Waals surface area (Å²) in [4.78, 5) is 50.8. The molecular weight excluding hydrogens is 628 g/mol. The molecule has 0 aliphatic heterocycles. The molecule has 3 amide bonds. The molecule has 1 atom stereocenters. The van der Waals surface area contributed by atoms with Crippen molar-refractivity contribution in [2.24, 2.45) is 0 Å². The second kappa shape index (κ2) is 14.7. The number of aromatic carboxylic acids is 1. The number of thioether (sulfide) groups is 1. The van der Waals surface area contributed by atoms with Crippen LogP contribution in [0.15, 0.2) is 102 Å². The summed E-state index contributed by atoms with van der Waals surface area (Å²) in [6.45, 7) is 1.67. The number of carboxylic acids is 1. The van der Waals surface area contributed by atoms with E-state index in [0.717, 1.165) is 6.08 Å². The summed E-state index contributed by atoms with van der Waals surface area (Å²) in [5, 5.41) is 16.7. The van der Waals surface area contributed by atoms with Gasteiger partial charge in [0.05, 0.1) is 26.5 Å². The van der Waals surface area contributed by atoms with E-state index in [1.165, 1.54) is 48.2 Å². The maximum absolute atomic E-state index is 14.5. The van der Waals surface area contributed by atoms with Crippen molar-refractivity contribution < 1.29 is 28.7 Å². The van der Waals surface area contributed by atoms with E-state index < -0.39 is 34.8 Å². The minimum atomic E-state index is -1.15. The molecule has 0 saturated heterocycles. The van der Waals surface area contributed by atoms with Crippen LogP contribution in [0, 0.1) is 5.82 Å². The van der Waals surface area contributed by atoms with Crippen LogP contribution in [0.1, 0.15) is 33.2 Å². The van der Waals surface area contributed by atoms with Crippen LogP contribution in [-0.2, 0) is 9.59 Å². The van der Waals surface area contributed by atoms with Gasteiger partial charge in [-0.1, -0.05) is 47.5 Å². The van der Waals surface area contributed by atoms with Gasteiger partial charge < -0.3 is 21.1 Å². The van der Waals surface area contributed by atoms with Crippen molar-refractivity contribution >= 4 is 76.1 Å². The lowest BCUT2D eigenvalue weighted by atomic mass is 10.1. The summed E-state index contributed by atoms with van der Waals surface area (Å²) in [7, 11) is 0. The zero-order valence-corrected chi connectivity index (χ0v) is 25.3. The fourth-order valence-corrected chi connectivity index (χ4v) is 5.05. The van der Waals surface area contributed by atoms with Crippen LogP contribution in [0.25, 0.3) is 6.08 Å². The highest BCUT2D eigenvalue weighted by atomic mass is 35.5. The first-order valence-corrected chi connectivity index (χ1v) is 14.6. The highest BCUT2D eigenvalue weighted by Crippen LogP contribution is 2.28. The largest absolute Gasteiger partial charge is 0.478 e. The molecule has 1 unspecified atom stereocenters. The van der Waals surface area contributed by atoms with Crippen molar-refractivity contribution in [3.05, 3.63) is 129 Å². The van der Waals surface area contributed by atoms with Crippen LogP contribution in [0.5, 0.6) is 0 Å². The highest BCUT2D eigenvalue weighted by molar-refractivity contribution is 8.00. The Morgan fingerprint density at radius 2 is 1.55 bits per heavy atom. The normalized spacial score (nSPS) is 11.8. The number of amides is 3. The van der Waals surface area contributed by atoms with Crippen molar-refractivity contribution in [3.63, 3.8) is 0 Å². The molecule has 0 aromatic heterocycles. The predicted molar refractivity (Wildman–Crippen MR) is 171 cm³/mol. The van der Waals surface area contributed by atoms with E-state index in [1.54, 1.807) is 61.5 Å². The second-order valence-electron chi connectivity index (χ2n) is 9.24. The van der Waals surface area contributed by atoms with Gasteiger partial charge in [0, 0.05) is 21.7 Å². The van der Waals surface area contributed by atoms with Gasteiger partial charge in [0.15, 0.2) is 0 Å². The second-order valence-corrected chi connectivity index (χ2v) is 11.5. The Morgan fingerprint density at radius 3 is 2.20 bits per heavy atom. The first kappa shape index (κ1) is 32.3. The summed E-state index contributed by atoms with van der Waals surface area (Å²) in [5.74, 6) is -3.51. The Bertz CT molecular complexity index is 1730. The number of anilines is 2. The number of hydrogen-bond acceptors (Lipinski definition) is 5. The molecule has 4 rings (SSSR count). The van der Waals surface area contributed by atoms with Gasteiger partial charge in [-0.3, -0.25) is 14.4 Å². The number of halogens is 3. The molecule has 0 saturated carbocycles. The molecule has 0 spiro atoms. The Balaban J connectivity index is 1.46. The number of rotatable bonds is 10. The van der Waals surface area contributed by atoms with E-state index in [0.29, 0.717) is 16.1 Å². The number of nitrogens with one attached hydrogen (secondary N) is 3. The van der Waals surface area contributed by atoms with Crippen molar-refractivity contribution in [2.75, 3.05) is 10.6 Å². The maximum Gasteiger partial charge on any atom is 0.335 e. The van der Waals surface area contributed by atoms with Crippen LogP contribution >= 0.6 is 35.0 Å². The quantitative estimate of drug-likeness (QED) is 0.105. The smallest absolute Gasteiger partial charge is 0.335 e. The number of carbonyl (C=O) groups is 4. The van der Waals surface area contributed by atoms with E-state index in [4.69, 9.17) is 23.2 Å². The van der Waals surface area contributed by atoms with Gasteiger partial charge in [0.25, 0.3) is 11.8 Å². The topological polar surface area (TPSA) is 125 Å². The van der Waals surface area contributed by atoms with Gasteiger partial charge in [0.2, 0.25) is 5.91 Å². The predicted octanol–water partition coefficient (Wildman–Crippen LogP) is 7.36. The maximum atomic E-state index is 14.5. The molecule has 12 heteroatoms. The molecule has 0 heterocycles. The number of benzene rings is 4. The summed E-state index contributed by atoms with van der Waals surface area (Å²) >= 11 is 13.5. The molecule has 0 fully saturated rings. The van der Waals surface area contributed by atoms with Gasteiger partial charge in [0.1, 0.15) is 11.5 Å². The molecule has 8 nitrogen and oxygen atoms in total. The molecule has 4 N–H and O–H groups in total. The molecule has 4 aromatic rings. The van der Waals surface area contributed by atoms with Crippen molar-refractivity contribution in [3.8, 4) is 0 Å². The lowest BCUT2D eigenvalue weighted by molar-refractivity contribution is -0.115. The van der Waals surface area contributed by atoms with Gasteiger partial charge in [-0.2, -0.15) is 0 Å². The highest BCUT2D eigenvalue weighted by Gasteiger charge is 2.19. The Kier molecular flexibility index (Phi) is 10.8. The first-order chi connectivity index (χ1) is 21.0. The monoisotopic (exact) mass is 651 g/mol. The van der Waals surface area contributed by atoms with Crippen LogP contribution < -0.4 is 16.0 Å². The molecule has 0 bridgehead atoms. The molecule has 0 radical (unpaired) electrons. The third-order valence-corrected chi connectivity index (χ3v) is 7.85. The zero-order valence-electron chi connectivity index (χ0n) is 22.9. The third kappa shape index (κ3) is 8.47. The van der Waals surface area contributed by atoms with Gasteiger partial charge in [-0.25, -0.2) is 9.18 Å². The molecular formula is C32H24Cl2FN3O5S. The van der Waals surface area contributed by atoms with E-state index >= 15 is 0 Å². The Morgan fingerprint density at radius 1 is 0.841 bits per heavy atom. The Hall–Kier alpha value is -4.64. The first-order valence-electron chi connectivity index (χ1n) is 13.0. The Labute approximate surface area is 266 Å². The standard InChI is InChI=1S/C32H24Cl2FN3O5S/c1-18(29(39)37-27-16-20(32(42)43)10-15-25(27)34)44-22-13-11-21(12-14-22)36-31(41)28(17-23-24(33)8-5-9-26(23)35)38-30(40)19-6-3-2-4-7-19/h2-18H,1H3,(H,36,41)(H,37,39)(H,38,40)(H,42,43)/b28-17-. The van der Waals surface area contributed by atoms with Gasteiger partial charge in [-0.05, 0) is 79.7 Å². The average Bonchev–Trinajstić information content (AvgIpc) is 3.00. The van der Waals surface area contributed by atoms with Crippen LogP contribution in [0.4, 0.5) is 15.8 Å². The average molecular weight is 653 g/mol. The van der Waals surface area contributed by atoms with E-state index in [2.05, 4.69) is 16.0 Å². The SMILES string of the molecule is CC(Sc1ccc(NC(=O)/C(=C/c2c(F)cccc2Cl)NC(=O)c2ccccc2)cc1)C(=O)Nc1cc(C(=O)O)ccc1Cl.